The first kappa shape index (κ1) is 16.6. The first-order valence-electron chi connectivity index (χ1n) is 8.57. The Morgan fingerprint density at radius 2 is 2.04 bits per heavy atom. The predicted octanol–water partition coefficient (Wildman–Crippen LogP) is 4.03. The maximum atomic E-state index is 13.0. The summed E-state index contributed by atoms with van der Waals surface area (Å²) in [6.45, 7) is 1.92. The Morgan fingerprint density at radius 1 is 1.33 bits per heavy atom. The van der Waals surface area contributed by atoms with Gasteiger partial charge >= 0.3 is 5.97 Å². The summed E-state index contributed by atoms with van der Waals surface area (Å²) in [4.78, 5) is 24.6. The smallest absolute Gasteiger partial charge is 0.312 e. The minimum atomic E-state index is -0.389. The highest BCUT2D eigenvalue weighted by molar-refractivity contribution is 9.11. The van der Waals surface area contributed by atoms with Crippen molar-refractivity contribution in [3.05, 3.63) is 20.8 Å². The van der Waals surface area contributed by atoms with Crippen LogP contribution in [-0.4, -0.2) is 17.4 Å². The molecule has 1 N–H and O–H groups in total. The molecule has 1 aromatic rings. The first-order chi connectivity index (χ1) is 11.4. The summed E-state index contributed by atoms with van der Waals surface area (Å²) < 4.78 is 6.76. The number of carbonyl (C=O) groups excluding carboxylic acids is 2. The third-order valence-corrected chi connectivity index (χ3v) is 7.48. The highest BCUT2D eigenvalue weighted by atomic mass is 79.9. The van der Waals surface area contributed by atoms with Crippen LogP contribution in [0.25, 0.3) is 0 Å². The maximum Gasteiger partial charge on any atom is 0.312 e. The monoisotopic (exact) mass is 411 g/mol. The molecule has 4 aliphatic carbocycles. The van der Waals surface area contributed by atoms with Gasteiger partial charge in [-0.1, -0.05) is 0 Å². The van der Waals surface area contributed by atoms with E-state index in [-0.39, 0.29) is 22.8 Å². The van der Waals surface area contributed by atoms with E-state index in [1.165, 1.54) is 6.42 Å². The Labute approximate surface area is 154 Å². The molecule has 24 heavy (non-hydrogen) atoms. The molecule has 1 amide bonds. The van der Waals surface area contributed by atoms with E-state index in [1.54, 1.807) is 18.3 Å². The minimum Gasteiger partial charge on any atom is -0.460 e. The van der Waals surface area contributed by atoms with Crippen LogP contribution in [0.15, 0.2) is 15.2 Å². The molecule has 0 aliphatic heterocycles. The highest BCUT2D eigenvalue weighted by Crippen LogP contribution is 2.62. The van der Waals surface area contributed by atoms with Crippen molar-refractivity contribution in [2.45, 2.75) is 57.6 Å². The van der Waals surface area contributed by atoms with Crippen molar-refractivity contribution in [2.24, 2.45) is 17.3 Å². The fraction of sp³-hybridized carbons (Fsp3) is 0.667. The third kappa shape index (κ3) is 2.92. The molecule has 4 bridgehead atoms. The molecule has 130 valence electrons. The summed E-state index contributed by atoms with van der Waals surface area (Å²) in [6.07, 6.45) is 5.85. The molecular weight excluding hydrogens is 390 g/mol. The van der Waals surface area contributed by atoms with Crippen LogP contribution < -0.4 is 5.32 Å². The molecule has 0 aromatic carbocycles. The first-order valence-corrected chi connectivity index (χ1v) is 10.2. The van der Waals surface area contributed by atoms with Gasteiger partial charge in [0, 0.05) is 18.0 Å². The SMILES string of the molecule is CC(=O)NC12CC3CC(C1)CC(C(=O)OCc1csc(Br)c1)(C3)C2. The summed E-state index contributed by atoms with van der Waals surface area (Å²) in [5.74, 6) is 1.04. The number of halogens is 1. The van der Waals surface area contributed by atoms with Crippen molar-refractivity contribution in [1.82, 2.24) is 5.32 Å². The topological polar surface area (TPSA) is 55.4 Å². The van der Waals surface area contributed by atoms with Gasteiger partial charge in [0.1, 0.15) is 6.61 Å². The minimum absolute atomic E-state index is 0.0172. The van der Waals surface area contributed by atoms with E-state index in [0.29, 0.717) is 18.4 Å². The molecule has 4 fully saturated rings. The quantitative estimate of drug-likeness (QED) is 0.760. The van der Waals surface area contributed by atoms with Gasteiger partial charge in [0.2, 0.25) is 5.91 Å². The van der Waals surface area contributed by atoms with Crippen molar-refractivity contribution in [2.75, 3.05) is 0 Å². The lowest BCUT2D eigenvalue weighted by Gasteiger charge is -2.60. The van der Waals surface area contributed by atoms with Crippen LogP contribution >= 0.6 is 27.3 Å². The normalized spacial score (nSPS) is 36.6. The van der Waals surface area contributed by atoms with Gasteiger partial charge in [0.05, 0.1) is 9.20 Å². The van der Waals surface area contributed by atoms with Crippen LogP contribution in [-0.2, 0) is 20.9 Å². The van der Waals surface area contributed by atoms with E-state index in [0.717, 1.165) is 41.5 Å². The van der Waals surface area contributed by atoms with Gasteiger partial charge in [-0.05, 0) is 77.7 Å². The molecular formula is C18H22BrNO3S. The highest BCUT2D eigenvalue weighted by Gasteiger charge is 2.61. The Hall–Kier alpha value is -0.880. The van der Waals surface area contributed by atoms with Crippen molar-refractivity contribution in [3.63, 3.8) is 0 Å². The molecule has 1 heterocycles. The van der Waals surface area contributed by atoms with Gasteiger partial charge in [-0.2, -0.15) is 0 Å². The number of thiophene rings is 1. The summed E-state index contributed by atoms with van der Waals surface area (Å²) in [5, 5.41) is 5.20. The van der Waals surface area contributed by atoms with Crippen LogP contribution in [0.1, 0.15) is 51.0 Å². The van der Waals surface area contributed by atoms with E-state index in [1.807, 2.05) is 11.4 Å². The average Bonchev–Trinajstić information content (AvgIpc) is 2.87. The van der Waals surface area contributed by atoms with Gasteiger partial charge in [0.25, 0.3) is 0 Å². The van der Waals surface area contributed by atoms with Gasteiger partial charge < -0.3 is 10.1 Å². The molecule has 2 atom stereocenters. The van der Waals surface area contributed by atoms with E-state index in [9.17, 15) is 9.59 Å². The summed E-state index contributed by atoms with van der Waals surface area (Å²) in [7, 11) is 0. The van der Waals surface area contributed by atoms with Gasteiger partial charge in [-0.15, -0.1) is 11.3 Å². The van der Waals surface area contributed by atoms with E-state index < -0.39 is 0 Å². The Morgan fingerprint density at radius 3 is 2.62 bits per heavy atom. The number of nitrogens with one attached hydrogen (secondary N) is 1. The molecule has 4 nitrogen and oxygen atoms in total. The van der Waals surface area contributed by atoms with Crippen LogP contribution in [0.4, 0.5) is 0 Å². The molecule has 4 aliphatic rings. The molecule has 1 aromatic heterocycles. The number of ether oxygens (including phenoxy) is 1. The second kappa shape index (κ2) is 5.84. The van der Waals surface area contributed by atoms with Crippen molar-refractivity contribution in [1.29, 1.82) is 0 Å². The average molecular weight is 412 g/mol. The van der Waals surface area contributed by atoms with Crippen LogP contribution in [0.3, 0.4) is 0 Å². The Kier molecular flexibility index (Phi) is 4.03. The number of hydrogen-bond acceptors (Lipinski definition) is 4. The van der Waals surface area contributed by atoms with E-state index in [4.69, 9.17) is 4.74 Å². The molecule has 0 spiro atoms. The molecule has 5 rings (SSSR count). The van der Waals surface area contributed by atoms with Gasteiger partial charge in [-0.3, -0.25) is 9.59 Å². The zero-order valence-electron chi connectivity index (χ0n) is 13.8. The lowest BCUT2D eigenvalue weighted by Crippen LogP contribution is -2.64. The standard InChI is InChI=1S/C18H22BrNO3S/c1-11(21)20-18-6-12-2-13(7-18)5-17(4-12,10-18)16(22)23-8-14-3-15(19)24-9-14/h3,9,12-13H,2,4-8,10H2,1H3,(H,20,21). The predicted molar refractivity (Wildman–Crippen MR) is 95.5 cm³/mol. The number of esters is 1. The van der Waals surface area contributed by atoms with E-state index >= 15 is 0 Å². The zero-order valence-corrected chi connectivity index (χ0v) is 16.2. The molecule has 0 saturated heterocycles. The summed E-state index contributed by atoms with van der Waals surface area (Å²) in [6, 6.07) is 2.00. The fourth-order valence-corrected chi connectivity index (χ4v) is 6.94. The van der Waals surface area contributed by atoms with Crippen LogP contribution in [0.2, 0.25) is 0 Å². The lowest BCUT2D eigenvalue weighted by atomic mass is 9.47. The number of rotatable bonds is 4. The van der Waals surface area contributed by atoms with Crippen molar-refractivity contribution in [3.8, 4) is 0 Å². The lowest BCUT2D eigenvalue weighted by molar-refractivity contribution is -0.177. The number of hydrogen-bond donors (Lipinski definition) is 1. The Bertz CT molecular complexity index is 672. The molecule has 2 unspecified atom stereocenters. The van der Waals surface area contributed by atoms with Crippen LogP contribution in [0, 0.1) is 17.3 Å². The van der Waals surface area contributed by atoms with Crippen LogP contribution in [0.5, 0.6) is 0 Å². The zero-order chi connectivity index (χ0) is 16.9. The Balaban J connectivity index is 1.51. The largest absolute Gasteiger partial charge is 0.460 e. The second-order valence-electron chi connectivity index (χ2n) is 8.04. The van der Waals surface area contributed by atoms with Gasteiger partial charge in [0.15, 0.2) is 0 Å². The van der Waals surface area contributed by atoms with Crippen molar-refractivity contribution >= 4 is 39.1 Å². The fourth-order valence-electron chi connectivity index (χ4n) is 5.74. The van der Waals surface area contributed by atoms with Gasteiger partial charge in [-0.25, -0.2) is 0 Å². The van der Waals surface area contributed by atoms with Crippen molar-refractivity contribution < 1.29 is 14.3 Å². The number of carbonyl (C=O) groups is 2. The van der Waals surface area contributed by atoms with E-state index in [2.05, 4.69) is 21.2 Å². The second-order valence-corrected chi connectivity index (χ2v) is 10.3. The molecule has 4 saturated carbocycles. The third-order valence-electron chi connectivity index (χ3n) is 5.93. The molecule has 6 heteroatoms. The summed E-state index contributed by atoms with van der Waals surface area (Å²) in [5.41, 5.74) is 0.460. The molecule has 0 radical (unpaired) electrons. The number of amides is 1. The summed E-state index contributed by atoms with van der Waals surface area (Å²) >= 11 is 5.04. The maximum absolute atomic E-state index is 13.0.